The van der Waals surface area contributed by atoms with Crippen LogP contribution in [0.15, 0.2) is 12.2 Å². The number of allylic oxidation sites excluding steroid dienone is 2. The van der Waals surface area contributed by atoms with Crippen LogP contribution in [-0.2, 0) is 0 Å². The molecular weight excluding hydrogens is 120 g/mol. The highest BCUT2D eigenvalue weighted by molar-refractivity contribution is 4.76. The minimum atomic E-state index is 0.672. The zero-order valence-electron chi connectivity index (χ0n) is 7.27. The van der Waals surface area contributed by atoms with E-state index in [-0.39, 0.29) is 0 Å². The fraction of sp³-hybridized carbons (Fsp3) is 0.700. The number of rotatable bonds is 5. The van der Waals surface area contributed by atoms with Crippen LogP contribution in [0.3, 0.4) is 0 Å². The average molecular weight is 139 g/mol. The second kappa shape index (κ2) is 6.85. The Morgan fingerprint density at radius 2 is 2.20 bits per heavy atom. The van der Waals surface area contributed by atoms with E-state index in [1.165, 1.54) is 25.7 Å². The molecule has 0 rings (SSSR count). The Bertz CT molecular complexity index is 82.0. The van der Waals surface area contributed by atoms with Gasteiger partial charge >= 0.3 is 0 Å². The van der Waals surface area contributed by atoms with E-state index < -0.39 is 0 Å². The number of hydrogen-bond donors (Lipinski definition) is 0. The molecule has 1 atom stereocenters. The highest BCUT2D eigenvalue weighted by Gasteiger charge is 1.95. The summed E-state index contributed by atoms with van der Waals surface area (Å²) < 4.78 is 0. The summed E-state index contributed by atoms with van der Waals surface area (Å²) in [6.45, 7) is 8.30. The van der Waals surface area contributed by atoms with Crippen LogP contribution in [0.1, 0.15) is 39.5 Å². The average Bonchev–Trinajstić information content (AvgIpc) is 1.98. The van der Waals surface area contributed by atoms with Gasteiger partial charge in [0.15, 0.2) is 0 Å². The summed E-state index contributed by atoms with van der Waals surface area (Å²) in [5.41, 5.74) is 0. The van der Waals surface area contributed by atoms with Crippen molar-refractivity contribution in [1.29, 1.82) is 0 Å². The zero-order chi connectivity index (χ0) is 7.82. The van der Waals surface area contributed by atoms with Gasteiger partial charge in [0.2, 0.25) is 0 Å². The van der Waals surface area contributed by atoms with Crippen LogP contribution in [0.4, 0.5) is 0 Å². The lowest BCUT2D eigenvalue weighted by Gasteiger charge is -2.04. The van der Waals surface area contributed by atoms with Crippen molar-refractivity contribution < 1.29 is 0 Å². The summed E-state index contributed by atoms with van der Waals surface area (Å²) >= 11 is 0. The maximum Gasteiger partial charge on any atom is -0.0351 e. The van der Waals surface area contributed by atoms with Crippen LogP contribution in [0.5, 0.6) is 0 Å². The SMILES string of the molecule is [CH2]C(CC)CCCC=CC. The molecule has 0 N–H and O–H groups in total. The molecule has 59 valence electrons. The van der Waals surface area contributed by atoms with Crippen LogP contribution in [0.25, 0.3) is 0 Å². The molecule has 0 aliphatic rings. The standard InChI is InChI=1S/C10H19/c1-4-6-7-8-9-10(3)5-2/h4,6,10H,3,5,7-9H2,1-2H3. The lowest BCUT2D eigenvalue weighted by Crippen LogP contribution is -1.90. The molecule has 0 saturated carbocycles. The third kappa shape index (κ3) is 5.87. The molecule has 0 aromatic carbocycles. The Hall–Kier alpha value is -0.260. The van der Waals surface area contributed by atoms with Crippen LogP contribution in [0.2, 0.25) is 0 Å². The molecule has 0 heteroatoms. The van der Waals surface area contributed by atoms with E-state index in [4.69, 9.17) is 0 Å². The molecule has 10 heavy (non-hydrogen) atoms. The second-order valence-electron chi connectivity index (χ2n) is 2.77. The van der Waals surface area contributed by atoms with Gasteiger partial charge in [0.05, 0.1) is 0 Å². The molecule has 0 bridgehead atoms. The van der Waals surface area contributed by atoms with E-state index in [0.717, 1.165) is 0 Å². The molecule has 0 aliphatic carbocycles. The van der Waals surface area contributed by atoms with Crippen molar-refractivity contribution in [3.63, 3.8) is 0 Å². The van der Waals surface area contributed by atoms with Crippen molar-refractivity contribution >= 4 is 0 Å². The Labute approximate surface area is 65.3 Å². The summed E-state index contributed by atoms with van der Waals surface area (Å²) in [5, 5.41) is 0. The van der Waals surface area contributed by atoms with Crippen LogP contribution < -0.4 is 0 Å². The summed E-state index contributed by atoms with van der Waals surface area (Å²) in [7, 11) is 0. The van der Waals surface area contributed by atoms with E-state index in [1.807, 2.05) is 0 Å². The van der Waals surface area contributed by atoms with Crippen LogP contribution in [-0.4, -0.2) is 0 Å². The zero-order valence-corrected chi connectivity index (χ0v) is 7.27. The summed E-state index contributed by atoms with van der Waals surface area (Å²) in [6, 6.07) is 0. The van der Waals surface area contributed by atoms with E-state index in [0.29, 0.717) is 5.92 Å². The quantitative estimate of drug-likeness (QED) is 0.403. The maximum absolute atomic E-state index is 4.03. The minimum absolute atomic E-state index is 0.672. The first-order chi connectivity index (χ1) is 4.81. The third-order valence-corrected chi connectivity index (χ3v) is 1.80. The smallest absolute Gasteiger partial charge is 0.0351 e. The third-order valence-electron chi connectivity index (χ3n) is 1.80. The predicted octanol–water partition coefficient (Wildman–Crippen LogP) is 3.59. The molecule has 1 unspecified atom stereocenters. The van der Waals surface area contributed by atoms with E-state index in [9.17, 15) is 0 Å². The molecule has 1 radical (unpaired) electrons. The van der Waals surface area contributed by atoms with Crippen LogP contribution in [0, 0.1) is 12.8 Å². The molecule has 0 spiro atoms. The van der Waals surface area contributed by atoms with Gasteiger partial charge in [0.25, 0.3) is 0 Å². The highest BCUT2D eigenvalue weighted by Crippen LogP contribution is 2.10. The van der Waals surface area contributed by atoms with Crippen LogP contribution >= 0.6 is 0 Å². The summed E-state index contributed by atoms with van der Waals surface area (Å²) in [4.78, 5) is 0. The largest absolute Gasteiger partial charge is 0.0917 e. The molecule has 0 nitrogen and oxygen atoms in total. The van der Waals surface area contributed by atoms with Gasteiger partial charge in [-0.15, -0.1) is 0 Å². The molecule has 0 aliphatic heterocycles. The Kier molecular flexibility index (Phi) is 6.68. The second-order valence-corrected chi connectivity index (χ2v) is 2.77. The fourth-order valence-corrected chi connectivity index (χ4v) is 0.895. The molecule has 0 saturated heterocycles. The first-order valence-electron chi connectivity index (χ1n) is 4.25. The van der Waals surface area contributed by atoms with Gasteiger partial charge in [0, 0.05) is 0 Å². The minimum Gasteiger partial charge on any atom is -0.0917 e. The molecular formula is C10H19. The van der Waals surface area contributed by atoms with Gasteiger partial charge in [0.1, 0.15) is 0 Å². The Morgan fingerprint density at radius 1 is 1.50 bits per heavy atom. The van der Waals surface area contributed by atoms with Gasteiger partial charge in [-0.1, -0.05) is 38.8 Å². The molecule has 0 heterocycles. The van der Waals surface area contributed by atoms with Gasteiger partial charge in [-0.2, -0.15) is 0 Å². The Morgan fingerprint density at radius 3 is 2.70 bits per heavy atom. The van der Waals surface area contributed by atoms with Gasteiger partial charge < -0.3 is 0 Å². The van der Waals surface area contributed by atoms with Crippen molar-refractivity contribution in [3.05, 3.63) is 19.1 Å². The van der Waals surface area contributed by atoms with Crippen molar-refractivity contribution in [1.82, 2.24) is 0 Å². The topological polar surface area (TPSA) is 0 Å². The lowest BCUT2D eigenvalue weighted by molar-refractivity contribution is 0.545. The van der Waals surface area contributed by atoms with E-state index in [1.54, 1.807) is 0 Å². The van der Waals surface area contributed by atoms with Crippen molar-refractivity contribution in [2.45, 2.75) is 39.5 Å². The summed E-state index contributed by atoms with van der Waals surface area (Å²) in [5.74, 6) is 0.672. The Balaban J connectivity index is 3.03. The fourth-order valence-electron chi connectivity index (χ4n) is 0.895. The number of hydrogen-bond acceptors (Lipinski definition) is 0. The van der Waals surface area contributed by atoms with Crippen molar-refractivity contribution in [3.8, 4) is 0 Å². The van der Waals surface area contributed by atoms with Gasteiger partial charge in [-0.3, -0.25) is 0 Å². The van der Waals surface area contributed by atoms with E-state index in [2.05, 4.69) is 32.9 Å². The normalized spacial score (nSPS) is 14.3. The van der Waals surface area contributed by atoms with Crippen molar-refractivity contribution in [2.75, 3.05) is 0 Å². The lowest BCUT2D eigenvalue weighted by atomic mass is 10.0. The molecule has 0 aromatic rings. The molecule has 0 fully saturated rings. The summed E-state index contributed by atoms with van der Waals surface area (Å²) in [6.07, 6.45) is 9.36. The highest BCUT2D eigenvalue weighted by atomic mass is 14.0. The van der Waals surface area contributed by atoms with Gasteiger partial charge in [-0.25, -0.2) is 0 Å². The maximum atomic E-state index is 4.03. The van der Waals surface area contributed by atoms with Crippen molar-refractivity contribution in [2.24, 2.45) is 5.92 Å². The monoisotopic (exact) mass is 139 g/mol. The molecule has 0 amide bonds. The molecule has 0 aromatic heterocycles. The first kappa shape index (κ1) is 9.74. The predicted molar refractivity (Wildman–Crippen MR) is 47.8 cm³/mol. The number of unbranched alkanes of at least 4 members (excludes halogenated alkanes) is 1. The van der Waals surface area contributed by atoms with E-state index >= 15 is 0 Å². The first-order valence-corrected chi connectivity index (χ1v) is 4.25. The van der Waals surface area contributed by atoms with Gasteiger partial charge in [-0.05, 0) is 25.7 Å².